The number of hydrogen-bond donors (Lipinski definition) is 1. The molecule has 0 radical (unpaired) electrons. The molecule has 1 aliphatic heterocycles. The molecule has 0 atom stereocenters. The molecule has 3 nitrogen and oxygen atoms in total. The molecule has 0 spiro atoms. The van der Waals surface area contributed by atoms with Crippen molar-refractivity contribution < 1.29 is 4.79 Å². The second-order valence-corrected chi connectivity index (χ2v) is 5.80. The van der Waals surface area contributed by atoms with Crippen molar-refractivity contribution in [3.05, 3.63) is 29.8 Å². The largest absolute Gasteiger partial charge is 0.385 e. The van der Waals surface area contributed by atoms with Crippen LogP contribution in [0.25, 0.3) is 0 Å². The summed E-state index contributed by atoms with van der Waals surface area (Å²) in [6.07, 6.45) is 4.32. The lowest BCUT2D eigenvalue weighted by atomic mass is 9.89. The van der Waals surface area contributed by atoms with E-state index in [9.17, 15) is 4.79 Å². The van der Waals surface area contributed by atoms with Crippen LogP contribution < -0.4 is 5.32 Å². The van der Waals surface area contributed by atoms with Gasteiger partial charge in [-0.1, -0.05) is 25.5 Å². The van der Waals surface area contributed by atoms with Crippen LogP contribution in [0.2, 0.25) is 0 Å². The molecule has 1 N–H and O–H groups in total. The third-order valence-electron chi connectivity index (χ3n) is 4.10. The number of ketones is 1. The molecule has 0 unspecified atom stereocenters. The van der Waals surface area contributed by atoms with Gasteiger partial charge in [0.15, 0.2) is 5.78 Å². The monoisotopic (exact) mass is 274 g/mol. The molecule has 0 bridgehead atoms. The van der Waals surface area contributed by atoms with Crippen LogP contribution in [0.1, 0.15) is 43.0 Å². The second kappa shape index (κ2) is 7.44. The molecule has 1 saturated heterocycles. The van der Waals surface area contributed by atoms with Gasteiger partial charge < -0.3 is 10.2 Å². The number of carbonyl (C=O) groups excluding carboxylic acids is 1. The first-order valence-electron chi connectivity index (χ1n) is 7.77. The zero-order chi connectivity index (χ0) is 14.4. The molecule has 0 aliphatic carbocycles. The zero-order valence-electron chi connectivity index (χ0n) is 12.7. The Hall–Kier alpha value is -1.35. The summed E-state index contributed by atoms with van der Waals surface area (Å²) in [6, 6.07) is 7.99. The molecule has 0 saturated carbocycles. The Balaban J connectivity index is 1.97. The average Bonchev–Trinajstić information content (AvgIpc) is 2.48. The van der Waals surface area contributed by atoms with Crippen molar-refractivity contribution in [2.24, 2.45) is 5.92 Å². The molecule has 1 fully saturated rings. The highest BCUT2D eigenvalue weighted by Crippen LogP contribution is 2.22. The number of carbonyl (C=O) groups is 1. The van der Waals surface area contributed by atoms with Crippen LogP contribution in [-0.4, -0.2) is 37.4 Å². The second-order valence-electron chi connectivity index (χ2n) is 5.80. The summed E-state index contributed by atoms with van der Waals surface area (Å²) >= 11 is 0. The Morgan fingerprint density at radius 3 is 2.80 bits per heavy atom. The highest BCUT2D eigenvalue weighted by atomic mass is 16.1. The van der Waals surface area contributed by atoms with Crippen LogP contribution in [0.3, 0.4) is 0 Å². The first-order valence-corrected chi connectivity index (χ1v) is 7.77. The van der Waals surface area contributed by atoms with Crippen molar-refractivity contribution in [3.63, 3.8) is 0 Å². The zero-order valence-corrected chi connectivity index (χ0v) is 12.7. The summed E-state index contributed by atoms with van der Waals surface area (Å²) in [6.45, 7) is 5.22. The van der Waals surface area contributed by atoms with E-state index in [1.54, 1.807) is 0 Å². The third kappa shape index (κ3) is 4.07. The Bertz CT molecular complexity index is 436. The van der Waals surface area contributed by atoms with E-state index in [-0.39, 0.29) is 5.92 Å². The number of Topliss-reactive ketones (excluding diaryl/α,β-unsaturated/α-hetero) is 1. The first-order chi connectivity index (χ1) is 9.70. The van der Waals surface area contributed by atoms with Gasteiger partial charge in [-0.05, 0) is 51.5 Å². The minimum absolute atomic E-state index is 0.206. The minimum Gasteiger partial charge on any atom is -0.385 e. The van der Waals surface area contributed by atoms with Gasteiger partial charge in [0.05, 0.1) is 0 Å². The fourth-order valence-corrected chi connectivity index (χ4v) is 2.70. The van der Waals surface area contributed by atoms with E-state index in [1.165, 1.54) is 6.42 Å². The maximum absolute atomic E-state index is 12.5. The van der Waals surface area contributed by atoms with Gasteiger partial charge in [-0.2, -0.15) is 0 Å². The first kappa shape index (κ1) is 15.0. The van der Waals surface area contributed by atoms with E-state index in [0.717, 1.165) is 50.1 Å². The van der Waals surface area contributed by atoms with Gasteiger partial charge in [-0.3, -0.25) is 4.79 Å². The van der Waals surface area contributed by atoms with E-state index in [4.69, 9.17) is 0 Å². The molecule has 3 heteroatoms. The predicted molar refractivity (Wildman–Crippen MR) is 84.4 cm³/mol. The maximum Gasteiger partial charge on any atom is 0.166 e. The van der Waals surface area contributed by atoms with Gasteiger partial charge in [-0.25, -0.2) is 0 Å². The molecule has 1 heterocycles. The topological polar surface area (TPSA) is 32.3 Å². The Morgan fingerprint density at radius 1 is 1.35 bits per heavy atom. The van der Waals surface area contributed by atoms with E-state index in [2.05, 4.69) is 24.2 Å². The fourth-order valence-electron chi connectivity index (χ4n) is 2.70. The number of anilines is 1. The van der Waals surface area contributed by atoms with E-state index in [0.29, 0.717) is 5.78 Å². The molecule has 1 aromatic rings. The van der Waals surface area contributed by atoms with Gasteiger partial charge in [0, 0.05) is 23.7 Å². The maximum atomic E-state index is 12.5. The number of likely N-dealkylation sites (tertiary alicyclic amines) is 1. The van der Waals surface area contributed by atoms with Crippen molar-refractivity contribution >= 4 is 11.5 Å². The number of nitrogens with one attached hydrogen (secondary N) is 1. The van der Waals surface area contributed by atoms with Crippen molar-refractivity contribution in [1.29, 1.82) is 0 Å². The fraction of sp³-hybridized carbons (Fsp3) is 0.588. The van der Waals surface area contributed by atoms with Gasteiger partial charge >= 0.3 is 0 Å². The summed E-state index contributed by atoms with van der Waals surface area (Å²) in [5, 5.41) is 3.39. The lowest BCUT2D eigenvalue weighted by molar-refractivity contribution is 0.0857. The molecule has 110 valence electrons. The number of piperidine rings is 1. The van der Waals surface area contributed by atoms with Gasteiger partial charge in [0.25, 0.3) is 0 Å². The van der Waals surface area contributed by atoms with Gasteiger partial charge in [0.2, 0.25) is 0 Å². The van der Waals surface area contributed by atoms with E-state index >= 15 is 0 Å². The van der Waals surface area contributed by atoms with E-state index < -0.39 is 0 Å². The lowest BCUT2D eigenvalue weighted by Gasteiger charge is -2.28. The molecule has 1 aliphatic rings. The lowest BCUT2D eigenvalue weighted by Crippen LogP contribution is -2.33. The highest BCUT2D eigenvalue weighted by Gasteiger charge is 2.24. The number of nitrogens with zero attached hydrogens (tertiary/aromatic N) is 1. The molecular weight excluding hydrogens is 248 g/mol. The summed E-state index contributed by atoms with van der Waals surface area (Å²) < 4.78 is 0. The van der Waals surface area contributed by atoms with E-state index in [1.807, 2.05) is 24.3 Å². The Morgan fingerprint density at radius 2 is 2.10 bits per heavy atom. The molecule has 1 aromatic carbocycles. The summed E-state index contributed by atoms with van der Waals surface area (Å²) in [4.78, 5) is 14.8. The number of hydrogen-bond acceptors (Lipinski definition) is 3. The van der Waals surface area contributed by atoms with Crippen LogP contribution >= 0.6 is 0 Å². The number of rotatable bonds is 6. The molecule has 0 aromatic heterocycles. The standard InChI is InChI=1S/C17H26N2O/c1-3-4-10-18-16-7-5-6-15(13-16)17(20)14-8-11-19(2)12-9-14/h5-7,13-14,18H,3-4,8-12H2,1-2H3. The highest BCUT2D eigenvalue weighted by molar-refractivity contribution is 5.98. The summed E-state index contributed by atoms with van der Waals surface area (Å²) in [5.41, 5.74) is 1.93. The Labute approximate surface area is 122 Å². The average molecular weight is 274 g/mol. The van der Waals surface area contributed by atoms with Gasteiger partial charge in [-0.15, -0.1) is 0 Å². The van der Waals surface area contributed by atoms with Crippen molar-refractivity contribution in [2.75, 3.05) is 32.0 Å². The summed E-state index contributed by atoms with van der Waals surface area (Å²) in [5.74, 6) is 0.523. The van der Waals surface area contributed by atoms with Crippen LogP contribution in [-0.2, 0) is 0 Å². The van der Waals surface area contributed by atoms with Crippen LogP contribution in [0.4, 0.5) is 5.69 Å². The summed E-state index contributed by atoms with van der Waals surface area (Å²) in [7, 11) is 2.12. The number of benzene rings is 1. The molecular formula is C17H26N2O. The quantitative estimate of drug-likeness (QED) is 0.637. The Kier molecular flexibility index (Phi) is 5.60. The van der Waals surface area contributed by atoms with Crippen molar-refractivity contribution in [1.82, 2.24) is 4.90 Å². The number of unbranched alkanes of at least 4 members (excludes halogenated alkanes) is 1. The SMILES string of the molecule is CCCCNc1cccc(C(=O)C2CCN(C)CC2)c1. The molecule has 0 amide bonds. The third-order valence-corrected chi connectivity index (χ3v) is 4.10. The van der Waals surface area contributed by atoms with Crippen LogP contribution in [0, 0.1) is 5.92 Å². The molecule has 20 heavy (non-hydrogen) atoms. The van der Waals surface area contributed by atoms with Crippen molar-refractivity contribution in [3.8, 4) is 0 Å². The normalized spacial score (nSPS) is 17.1. The van der Waals surface area contributed by atoms with Gasteiger partial charge in [0.1, 0.15) is 0 Å². The smallest absolute Gasteiger partial charge is 0.166 e. The van der Waals surface area contributed by atoms with Crippen LogP contribution in [0.5, 0.6) is 0 Å². The van der Waals surface area contributed by atoms with Crippen LogP contribution in [0.15, 0.2) is 24.3 Å². The van der Waals surface area contributed by atoms with Crippen molar-refractivity contribution in [2.45, 2.75) is 32.6 Å². The predicted octanol–water partition coefficient (Wildman–Crippen LogP) is 3.42. The molecule has 2 rings (SSSR count). The minimum atomic E-state index is 0.206.